The molecule has 0 bridgehead atoms. The Labute approximate surface area is 97.3 Å². The van der Waals surface area contributed by atoms with Crippen molar-refractivity contribution in [3.05, 3.63) is 0 Å². The van der Waals surface area contributed by atoms with Gasteiger partial charge in [0.15, 0.2) is 0 Å². The highest BCUT2D eigenvalue weighted by Crippen LogP contribution is 2.12. The van der Waals surface area contributed by atoms with E-state index in [2.05, 4.69) is 4.72 Å². The Morgan fingerprint density at radius 1 is 1.38 bits per heavy atom. The van der Waals surface area contributed by atoms with Gasteiger partial charge in [-0.15, -0.1) is 0 Å². The zero-order valence-corrected chi connectivity index (χ0v) is 10.5. The molecule has 0 aromatic rings. The summed E-state index contributed by atoms with van der Waals surface area (Å²) < 4.78 is 32.8. The summed E-state index contributed by atoms with van der Waals surface area (Å²) in [6.45, 7) is 1.73. The lowest BCUT2D eigenvalue weighted by atomic mass is 10.2. The fourth-order valence-corrected chi connectivity index (χ4v) is 3.22. The Hall–Kier alpha value is -0.210. The number of hydrogen-bond donors (Lipinski definition) is 2. The van der Waals surface area contributed by atoms with Crippen LogP contribution in [-0.4, -0.2) is 52.1 Å². The van der Waals surface area contributed by atoms with Crippen LogP contribution in [0.4, 0.5) is 0 Å². The quantitative estimate of drug-likeness (QED) is 0.652. The summed E-state index contributed by atoms with van der Waals surface area (Å²) >= 11 is 0. The number of ether oxygens (including phenoxy) is 1. The van der Waals surface area contributed by atoms with Crippen molar-refractivity contribution in [3.8, 4) is 0 Å². The predicted molar refractivity (Wildman–Crippen MR) is 62.2 cm³/mol. The normalized spacial score (nSPS) is 20.9. The number of methoxy groups -OCH3 is 1. The first-order valence-electron chi connectivity index (χ1n) is 5.56. The third-order valence-corrected chi connectivity index (χ3v) is 4.30. The number of nitrogens with one attached hydrogen (secondary N) is 1. The Balaban J connectivity index is 2.54. The maximum Gasteiger partial charge on any atom is 0.279 e. The molecule has 7 heteroatoms. The fraction of sp³-hybridized carbons (Fsp3) is 1.00. The van der Waals surface area contributed by atoms with E-state index in [0.29, 0.717) is 19.7 Å². The summed E-state index contributed by atoms with van der Waals surface area (Å²) in [5, 5.41) is 0. The van der Waals surface area contributed by atoms with Gasteiger partial charge in [0, 0.05) is 26.7 Å². The second kappa shape index (κ2) is 6.51. The van der Waals surface area contributed by atoms with Gasteiger partial charge < -0.3 is 10.5 Å². The highest BCUT2D eigenvalue weighted by atomic mass is 32.2. The molecule has 1 atom stereocenters. The van der Waals surface area contributed by atoms with Crippen LogP contribution < -0.4 is 10.5 Å². The van der Waals surface area contributed by atoms with Gasteiger partial charge in [-0.1, -0.05) is 6.42 Å². The second-order valence-electron chi connectivity index (χ2n) is 3.97. The smallest absolute Gasteiger partial charge is 0.279 e. The second-order valence-corrected chi connectivity index (χ2v) is 5.67. The molecule has 3 N–H and O–H groups in total. The Morgan fingerprint density at radius 2 is 2.00 bits per heavy atom. The van der Waals surface area contributed by atoms with Crippen LogP contribution >= 0.6 is 0 Å². The summed E-state index contributed by atoms with van der Waals surface area (Å²) in [6.07, 6.45) is 2.96. The maximum atomic E-state index is 11.9. The standard InChI is InChI=1S/C9H21N3O3S/c1-15-8-9(7-10)11-16(13,14)12-5-3-2-4-6-12/h9,11H,2-8,10H2,1H3. The summed E-state index contributed by atoms with van der Waals surface area (Å²) in [7, 11) is -1.87. The number of rotatable bonds is 6. The number of piperidine rings is 1. The van der Waals surface area contributed by atoms with Gasteiger partial charge in [0.1, 0.15) is 0 Å². The first kappa shape index (κ1) is 13.9. The van der Waals surface area contributed by atoms with Crippen LogP contribution in [0.2, 0.25) is 0 Å². The lowest BCUT2D eigenvalue weighted by Gasteiger charge is -2.28. The topological polar surface area (TPSA) is 84.7 Å². The molecule has 0 saturated carbocycles. The molecule has 1 rings (SSSR count). The van der Waals surface area contributed by atoms with E-state index in [1.54, 1.807) is 0 Å². The maximum absolute atomic E-state index is 11.9. The van der Waals surface area contributed by atoms with E-state index in [-0.39, 0.29) is 12.6 Å². The van der Waals surface area contributed by atoms with Gasteiger partial charge in [0.05, 0.1) is 12.6 Å². The SMILES string of the molecule is COCC(CN)NS(=O)(=O)N1CCCCC1. The molecule has 16 heavy (non-hydrogen) atoms. The minimum Gasteiger partial charge on any atom is -0.383 e. The molecule has 0 aromatic carbocycles. The average molecular weight is 251 g/mol. The van der Waals surface area contributed by atoms with Crippen molar-refractivity contribution >= 4 is 10.2 Å². The van der Waals surface area contributed by atoms with Crippen LogP contribution in [0, 0.1) is 0 Å². The van der Waals surface area contributed by atoms with Crippen molar-refractivity contribution in [2.45, 2.75) is 25.3 Å². The van der Waals surface area contributed by atoms with Crippen LogP contribution in [0.15, 0.2) is 0 Å². The van der Waals surface area contributed by atoms with E-state index in [4.69, 9.17) is 10.5 Å². The molecule has 0 amide bonds. The van der Waals surface area contributed by atoms with Gasteiger partial charge in [0.25, 0.3) is 10.2 Å². The van der Waals surface area contributed by atoms with Gasteiger partial charge in [-0.05, 0) is 12.8 Å². The molecular weight excluding hydrogens is 230 g/mol. The van der Waals surface area contributed by atoms with Gasteiger partial charge in [0.2, 0.25) is 0 Å². The minimum atomic E-state index is -3.39. The average Bonchev–Trinajstić information content (AvgIpc) is 2.29. The largest absolute Gasteiger partial charge is 0.383 e. The lowest BCUT2D eigenvalue weighted by Crippen LogP contribution is -2.50. The predicted octanol–water partition coefficient (Wildman–Crippen LogP) is -0.720. The highest BCUT2D eigenvalue weighted by Gasteiger charge is 2.25. The molecule has 6 nitrogen and oxygen atoms in total. The molecule has 0 spiro atoms. The molecule has 1 aliphatic heterocycles. The van der Waals surface area contributed by atoms with Crippen LogP contribution in [0.25, 0.3) is 0 Å². The monoisotopic (exact) mass is 251 g/mol. The number of nitrogens with two attached hydrogens (primary N) is 1. The summed E-state index contributed by atoms with van der Waals surface area (Å²) in [6, 6.07) is -0.350. The minimum absolute atomic E-state index is 0.237. The fourth-order valence-electron chi connectivity index (χ4n) is 1.74. The van der Waals surface area contributed by atoms with Crippen LogP contribution in [0.3, 0.4) is 0 Å². The van der Waals surface area contributed by atoms with E-state index in [1.807, 2.05) is 0 Å². The van der Waals surface area contributed by atoms with Crippen molar-refractivity contribution in [1.82, 2.24) is 9.03 Å². The molecule has 96 valence electrons. The van der Waals surface area contributed by atoms with Crippen molar-refractivity contribution in [3.63, 3.8) is 0 Å². The zero-order chi connectivity index (χ0) is 12.0. The summed E-state index contributed by atoms with van der Waals surface area (Å²) in [4.78, 5) is 0. The third kappa shape index (κ3) is 3.99. The van der Waals surface area contributed by atoms with E-state index in [0.717, 1.165) is 19.3 Å². The van der Waals surface area contributed by atoms with Crippen molar-refractivity contribution in [2.75, 3.05) is 33.4 Å². The summed E-state index contributed by atoms with van der Waals surface area (Å²) in [5.41, 5.74) is 5.47. The zero-order valence-electron chi connectivity index (χ0n) is 9.68. The van der Waals surface area contributed by atoms with Gasteiger partial charge in [-0.25, -0.2) is 0 Å². The van der Waals surface area contributed by atoms with Gasteiger partial charge >= 0.3 is 0 Å². The van der Waals surface area contributed by atoms with Crippen molar-refractivity contribution < 1.29 is 13.2 Å². The molecular formula is C9H21N3O3S. The first-order valence-corrected chi connectivity index (χ1v) is 7.00. The third-order valence-electron chi connectivity index (χ3n) is 2.62. The van der Waals surface area contributed by atoms with Crippen LogP contribution in [0.5, 0.6) is 0 Å². The molecule has 1 heterocycles. The van der Waals surface area contributed by atoms with Crippen LogP contribution in [-0.2, 0) is 14.9 Å². The van der Waals surface area contributed by atoms with E-state index in [9.17, 15) is 8.42 Å². The summed E-state index contributed by atoms with van der Waals surface area (Å²) in [5.74, 6) is 0. The molecule has 0 aliphatic carbocycles. The molecule has 0 radical (unpaired) electrons. The number of hydrogen-bond acceptors (Lipinski definition) is 4. The van der Waals surface area contributed by atoms with E-state index < -0.39 is 10.2 Å². The lowest BCUT2D eigenvalue weighted by molar-refractivity contribution is 0.175. The van der Waals surface area contributed by atoms with E-state index in [1.165, 1.54) is 11.4 Å². The highest BCUT2D eigenvalue weighted by molar-refractivity contribution is 7.87. The Kier molecular flexibility index (Phi) is 5.63. The number of nitrogens with zero attached hydrogens (tertiary/aromatic N) is 1. The van der Waals surface area contributed by atoms with Crippen molar-refractivity contribution in [1.29, 1.82) is 0 Å². The van der Waals surface area contributed by atoms with Gasteiger partial charge in [-0.2, -0.15) is 17.4 Å². The molecule has 1 fully saturated rings. The van der Waals surface area contributed by atoms with Crippen LogP contribution in [0.1, 0.15) is 19.3 Å². The molecule has 1 aliphatic rings. The van der Waals surface area contributed by atoms with Crippen molar-refractivity contribution in [2.24, 2.45) is 5.73 Å². The first-order chi connectivity index (χ1) is 7.60. The van der Waals surface area contributed by atoms with E-state index >= 15 is 0 Å². The molecule has 0 aromatic heterocycles. The molecule has 1 unspecified atom stereocenters. The molecule has 1 saturated heterocycles. The Bertz CT molecular complexity index is 288. The van der Waals surface area contributed by atoms with Gasteiger partial charge in [-0.3, -0.25) is 0 Å². The Morgan fingerprint density at radius 3 is 2.50 bits per heavy atom.